The van der Waals surface area contributed by atoms with E-state index >= 15 is 0 Å². The van der Waals surface area contributed by atoms with Gasteiger partial charge in [-0.3, -0.25) is 4.79 Å². The van der Waals surface area contributed by atoms with E-state index in [1.165, 1.54) is 16.5 Å². The van der Waals surface area contributed by atoms with Gasteiger partial charge in [-0.2, -0.15) is 0 Å². The molecule has 2 aromatic rings. The zero-order valence-electron chi connectivity index (χ0n) is 12.7. The fraction of sp³-hybridized carbons (Fsp3) is 0.438. The number of para-hydroxylation sites is 1. The second-order valence-corrected chi connectivity index (χ2v) is 6.18. The molecule has 108 valence electrons. The molecule has 0 bridgehead atoms. The first-order valence-electron chi connectivity index (χ1n) is 6.91. The lowest BCUT2D eigenvalue weighted by Crippen LogP contribution is -2.44. The summed E-state index contributed by atoms with van der Waals surface area (Å²) >= 11 is 0. The Morgan fingerprint density at radius 2 is 1.95 bits per heavy atom. The van der Waals surface area contributed by atoms with Gasteiger partial charge >= 0.3 is 0 Å². The maximum Gasteiger partial charge on any atom is 0.234 e. The Bertz CT molecular complexity index is 608. The zero-order chi connectivity index (χ0) is 14.8. The molecule has 0 spiro atoms. The van der Waals surface area contributed by atoms with Crippen LogP contribution in [0.15, 0.2) is 30.5 Å². The molecule has 0 radical (unpaired) electrons. The minimum absolute atomic E-state index is 0.0257. The number of hydrogen-bond acceptors (Lipinski definition) is 2. The van der Waals surface area contributed by atoms with Crippen molar-refractivity contribution in [2.45, 2.75) is 32.9 Å². The van der Waals surface area contributed by atoms with E-state index in [0.29, 0.717) is 13.1 Å². The Morgan fingerprint density at radius 1 is 1.25 bits per heavy atom. The van der Waals surface area contributed by atoms with Crippen LogP contribution in [0.4, 0.5) is 0 Å². The van der Waals surface area contributed by atoms with E-state index in [2.05, 4.69) is 33.5 Å². The Hall–Kier alpha value is -1.81. The number of aromatic nitrogens is 1. The molecule has 1 aromatic carbocycles. The van der Waals surface area contributed by atoms with Crippen molar-refractivity contribution in [3.63, 3.8) is 0 Å². The first kappa shape index (κ1) is 14.6. The predicted molar refractivity (Wildman–Crippen MR) is 82.5 cm³/mol. The molecule has 0 atom stereocenters. The molecule has 1 heterocycles. The van der Waals surface area contributed by atoms with E-state index in [4.69, 9.17) is 0 Å². The molecule has 1 amide bonds. The van der Waals surface area contributed by atoms with Crippen molar-refractivity contribution < 1.29 is 4.79 Å². The number of rotatable bonds is 4. The summed E-state index contributed by atoms with van der Waals surface area (Å²) in [5.74, 6) is 0.0257. The van der Waals surface area contributed by atoms with Crippen LogP contribution >= 0.6 is 0 Å². The van der Waals surface area contributed by atoms with E-state index in [1.807, 2.05) is 40.0 Å². The highest BCUT2D eigenvalue weighted by Crippen LogP contribution is 2.19. The first-order chi connectivity index (χ1) is 9.37. The molecular formula is C16H23N3O. The standard InChI is InChI=1S/C16H23N3O/c1-16(2,3)18-15(20)10-17-9-12-11-19(4)14-8-6-5-7-13(12)14/h5-8,11,17H,9-10H2,1-4H3,(H,18,20). The number of fused-ring (bicyclic) bond motifs is 1. The quantitative estimate of drug-likeness (QED) is 0.897. The van der Waals surface area contributed by atoms with Crippen LogP contribution in [0.3, 0.4) is 0 Å². The van der Waals surface area contributed by atoms with Gasteiger partial charge in [0, 0.05) is 36.2 Å². The summed E-state index contributed by atoms with van der Waals surface area (Å²) in [5.41, 5.74) is 2.24. The lowest BCUT2D eigenvalue weighted by molar-refractivity contribution is -0.121. The fourth-order valence-electron chi connectivity index (χ4n) is 2.34. The second kappa shape index (κ2) is 5.67. The number of amides is 1. The lowest BCUT2D eigenvalue weighted by atomic mass is 10.1. The van der Waals surface area contributed by atoms with E-state index in [0.717, 1.165) is 0 Å². The third-order valence-electron chi connectivity index (χ3n) is 3.09. The largest absolute Gasteiger partial charge is 0.350 e. The predicted octanol–water partition coefficient (Wildman–Crippen LogP) is 2.18. The Labute approximate surface area is 120 Å². The van der Waals surface area contributed by atoms with Crippen molar-refractivity contribution in [3.05, 3.63) is 36.0 Å². The van der Waals surface area contributed by atoms with Crippen LogP contribution in [0, 0.1) is 0 Å². The van der Waals surface area contributed by atoms with E-state index in [1.54, 1.807) is 0 Å². The number of nitrogens with one attached hydrogen (secondary N) is 2. The summed E-state index contributed by atoms with van der Waals surface area (Å²) in [5, 5.41) is 7.38. The van der Waals surface area contributed by atoms with Crippen molar-refractivity contribution in [3.8, 4) is 0 Å². The van der Waals surface area contributed by atoms with Gasteiger partial charge in [-0.05, 0) is 32.4 Å². The van der Waals surface area contributed by atoms with Crippen LogP contribution in [0.5, 0.6) is 0 Å². The molecule has 0 fully saturated rings. The number of carbonyl (C=O) groups is 1. The van der Waals surface area contributed by atoms with Crippen molar-refractivity contribution in [1.82, 2.24) is 15.2 Å². The van der Waals surface area contributed by atoms with Gasteiger partial charge in [-0.15, -0.1) is 0 Å². The summed E-state index contributed by atoms with van der Waals surface area (Å²) in [7, 11) is 2.04. The smallest absolute Gasteiger partial charge is 0.234 e. The summed E-state index contributed by atoms with van der Waals surface area (Å²) in [6.07, 6.45) is 2.11. The SMILES string of the molecule is Cn1cc(CNCC(=O)NC(C)(C)C)c2ccccc21. The molecule has 4 heteroatoms. The molecule has 0 aliphatic heterocycles. The first-order valence-corrected chi connectivity index (χ1v) is 6.91. The Morgan fingerprint density at radius 3 is 2.65 bits per heavy atom. The molecule has 20 heavy (non-hydrogen) atoms. The molecule has 0 aliphatic rings. The third kappa shape index (κ3) is 3.61. The van der Waals surface area contributed by atoms with Crippen LogP contribution < -0.4 is 10.6 Å². The monoisotopic (exact) mass is 273 g/mol. The number of hydrogen-bond donors (Lipinski definition) is 2. The van der Waals surface area contributed by atoms with Crippen LogP contribution in [-0.4, -0.2) is 22.6 Å². The minimum atomic E-state index is -0.182. The van der Waals surface area contributed by atoms with Gasteiger partial charge in [0.15, 0.2) is 0 Å². The van der Waals surface area contributed by atoms with Gasteiger partial charge in [0.2, 0.25) is 5.91 Å². The van der Waals surface area contributed by atoms with Gasteiger partial charge in [0.25, 0.3) is 0 Å². The van der Waals surface area contributed by atoms with Gasteiger partial charge in [-0.25, -0.2) is 0 Å². The summed E-state index contributed by atoms with van der Waals surface area (Å²) in [4.78, 5) is 11.7. The molecule has 0 aliphatic carbocycles. The molecular weight excluding hydrogens is 250 g/mol. The number of benzene rings is 1. The Kier molecular flexibility index (Phi) is 4.14. The van der Waals surface area contributed by atoms with Crippen LogP contribution in [-0.2, 0) is 18.4 Å². The summed E-state index contributed by atoms with van der Waals surface area (Å²) < 4.78 is 2.11. The molecule has 4 nitrogen and oxygen atoms in total. The fourth-order valence-corrected chi connectivity index (χ4v) is 2.34. The van der Waals surface area contributed by atoms with E-state index < -0.39 is 0 Å². The van der Waals surface area contributed by atoms with Crippen molar-refractivity contribution in [2.24, 2.45) is 7.05 Å². The number of aryl methyl sites for hydroxylation is 1. The number of nitrogens with zero attached hydrogens (tertiary/aromatic N) is 1. The van der Waals surface area contributed by atoms with Crippen molar-refractivity contribution in [2.75, 3.05) is 6.54 Å². The molecule has 2 N–H and O–H groups in total. The maximum absolute atomic E-state index is 11.7. The van der Waals surface area contributed by atoms with Gasteiger partial charge < -0.3 is 15.2 Å². The highest BCUT2D eigenvalue weighted by Gasteiger charge is 2.13. The zero-order valence-corrected chi connectivity index (χ0v) is 12.7. The average molecular weight is 273 g/mol. The molecule has 0 saturated carbocycles. The summed E-state index contributed by atoms with van der Waals surface area (Å²) in [6, 6.07) is 8.29. The highest BCUT2D eigenvalue weighted by molar-refractivity contribution is 5.84. The molecule has 0 unspecified atom stereocenters. The maximum atomic E-state index is 11.7. The molecule has 1 aromatic heterocycles. The van der Waals surface area contributed by atoms with Gasteiger partial charge in [0.05, 0.1) is 6.54 Å². The molecule has 2 rings (SSSR count). The normalized spacial score (nSPS) is 11.8. The average Bonchev–Trinajstić information content (AvgIpc) is 2.65. The minimum Gasteiger partial charge on any atom is -0.350 e. The Balaban J connectivity index is 1.95. The summed E-state index contributed by atoms with van der Waals surface area (Å²) in [6.45, 7) is 6.97. The topological polar surface area (TPSA) is 46.1 Å². The highest BCUT2D eigenvalue weighted by atomic mass is 16.2. The van der Waals surface area contributed by atoms with Crippen LogP contribution in [0.1, 0.15) is 26.3 Å². The van der Waals surface area contributed by atoms with Crippen LogP contribution in [0.25, 0.3) is 10.9 Å². The van der Waals surface area contributed by atoms with Gasteiger partial charge in [-0.1, -0.05) is 18.2 Å². The number of carbonyl (C=O) groups excluding carboxylic acids is 1. The second-order valence-electron chi connectivity index (χ2n) is 6.18. The van der Waals surface area contributed by atoms with E-state index in [9.17, 15) is 4.79 Å². The van der Waals surface area contributed by atoms with Gasteiger partial charge in [0.1, 0.15) is 0 Å². The van der Waals surface area contributed by atoms with Crippen LogP contribution in [0.2, 0.25) is 0 Å². The third-order valence-corrected chi connectivity index (χ3v) is 3.09. The lowest BCUT2D eigenvalue weighted by Gasteiger charge is -2.20. The van der Waals surface area contributed by atoms with E-state index in [-0.39, 0.29) is 11.4 Å². The molecule has 0 saturated heterocycles. The van der Waals surface area contributed by atoms with Crippen molar-refractivity contribution >= 4 is 16.8 Å². The van der Waals surface area contributed by atoms with Crippen molar-refractivity contribution in [1.29, 1.82) is 0 Å².